The van der Waals surface area contributed by atoms with E-state index in [0.717, 1.165) is 11.3 Å². The van der Waals surface area contributed by atoms with Crippen molar-refractivity contribution in [2.75, 3.05) is 0 Å². The van der Waals surface area contributed by atoms with Crippen LogP contribution in [0.4, 0.5) is 5.69 Å². The Kier molecular flexibility index (Phi) is 3.44. The summed E-state index contributed by atoms with van der Waals surface area (Å²) in [5.74, 6) is -0.399. The predicted molar refractivity (Wildman–Crippen MR) is 82.7 cm³/mol. The lowest BCUT2D eigenvalue weighted by molar-refractivity contribution is -0.383. The van der Waals surface area contributed by atoms with Crippen LogP contribution in [0.25, 0.3) is 10.9 Å². The maximum absolute atomic E-state index is 12.6. The Morgan fingerprint density at radius 3 is 2.67 bits per heavy atom. The molecular weight excluding hydrogens is 335 g/mol. The van der Waals surface area contributed by atoms with E-state index in [1.807, 2.05) is 0 Å². The SMILES string of the molecule is O=C(c1cc(Cl)sc1Cl)c1c[nH]c2cccc([N+](=O)[O-])c12. The van der Waals surface area contributed by atoms with E-state index < -0.39 is 10.7 Å². The van der Waals surface area contributed by atoms with E-state index in [-0.39, 0.29) is 26.5 Å². The largest absolute Gasteiger partial charge is 0.360 e. The molecule has 0 aliphatic rings. The molecule has 0 aliphatic heterocycles. The molecule has 2 heterocycles. The summed E-state index contributed by atoms with van der Waals surface area (Å²) in [5.41, 5.74) is 0.832. The third-order valence-electron chi connectivity index (χ3n) is 3.03. The van der Waals surface area contributed by atoms with Crippen LogP contribution in [0.5, 0.6) is 0 Å². The first-order valence-electron chi connectivity index (χ1n) is 5.73. The standard InChI is InChI=1S/C13H6Cl2N2O3S/c14-10-4-6(13(15)21-10)12(18)7-5-16-8-2-1-3-9(11(7)8)17(19)20/h1-5,16H. The van der Waals surface area contributed by atoms with Crippen molar-refractivity contribution in [1.82, 2.24) is 4.98 Å². The molecule has 8 heteroatoms. The first kappa shape index (κ1) is 14.1. The highest BCUT2D eigenvalue weighted by molar-refractivity contribution is 7.20. The van der Waals surface area contributed by atoms with Crippen molar-refractivity contribution in [3.05, 3.63) is 60.4 Å². The van der Waals surface area contributed by atoms with Gasteiger partial charge < -0.3 is 4.98 Å². The maximum atomic E-state index is 12.6. The second-order valence-electron chi connectivity index (χ2n) is 4.23. The zero-order valence-corrected chi connectivity index (χ0v) is 12.6. The number of halogens is 2. The molecule has 0 spiro atoms. The topological polar surface area (TPSA) is 76.0 Å². The summed E-state index contributed by atoms with van der Waals surface area (Å²) in [7, 11) is 0. The minimum atomic E-state index is -0.519. The third kappa shape index (κ3) is 2.31. The average Bonchev–Trinajstić information content (AvgIpc) is 3.00. The lowest BCUT2D eigenvalue weighted by Crippen LogP contribution is -2.00. The number of hydrogen-bond donors (Lipinski definition) is 1. The third-order valence-corrected chi connectivity index (χ3v) is 4.51. The summed E-state index contributed by atoms with van der Waals surface area (Å²) in [6.45, 7) is 0. The van der Waals surface area contributed by atoms with Crippen LogP contribution in [0, 0.1) is 10.1 Å². The molecule has 1 N–H and O–H groups in total. The molecule has 0 radical (unpaired) electrons. The van der Waals surface area contributed by atoms with Gasteiger partial charge in [-0.25, -0.2) is 0 Å². The van der Waals surface area contributed by atoms with Crippen LogP contribution >= 0.6 is 34.5 Å². The van der Waals surface area contributed by atoms with Gasteiger partial charge in [0.15, 0.2) is 5.78 Å². The fourth-order valence-electron chi connectivity index (χ4n) is 2.14. The van der Waals surface area contributed by atoms with Gasteiger partial charge in [0.1, 0.15) is 4.34 Å². The normalized spacial score (nSPS) is 11.0. The molecule has 5 nitrogen and oxygen atoms in total. The molecule has 0 saturated heterocycles. The number of carbonyl (C=O) groups is 1. The highest BCUT2D eigenvalue weighted by Gasteiger charge is 2.24. The van der Waals surface area contributed by atoms with Gasteiger partial charge in [-0.2, -0.15) is 0 Å². The Morgan fingerprint density at radius 1 is 1.29 bits per heavy atom. The van der Waals surface area contributed by atoms with Gasteiger partial charge in [0.25, 0.3) is 5.69 Å². The van der Waals surface area contributed by atoms with Gasteiger partial charge in [0.05, 0.1) is 31.3 Å². The molecule has 0 bridgehead atoms. The number of nitro groups is 1. The van der Waals surface area contributed by atoms with Crippen LogP contribution in [0.3, 0.4) is 0 Å². The van der Waals surface area contributed by atoms with Gasteiger partial charge in [-0.3, -0.25) is 14.9 Å². The number of nitrogens with zero attached hydrogens (tertiary/aromatic N) is 1. The van der Waals surface area contributed by atoms with Crippen molar-refractivity contribution in [2.45, 2.75) is 0 Å². The minimum Gasteiger partial charge on any atom is -0.360 e. The second-order valence-corrected chi connectivity index (χ2v) is 6.51. The maximum Gasteiger partial charge on any atom is 0.279 e. The monoisotopic (exact) mass is 340 g/mol. The van der Waals surface area contributed by atoms with Crippen LogP contribution in [0.2, 0.25) is 8.67 Å². The number of aromatic amines is 1. The zero-order chi connectivity index (χ0) is 15.1. The smallest absolute Gasteiger partial charge is 0.279 e. The number of non-ortho nitro benzene ring substituents is 1. The number of rotatable bonds is 3. The summed E-state index contributed by atoms with van der Waals surface area (Å²) in [6.07, 6.45) is 1.45. The Hall–Kier alpha value is -1.89. The lowest BCUT2D eigenvalue weighted by atomic mass is 10.0. The van der Waals surface area contributed by atoms with E-state index in [1.165, 1.54) is 18.3 Å². The molecule has 106 valence electrons. The first-order valence-corrected chi connectivity index (χ1v) is 7.30. The number of H-pyrrole nitrogens is 1. The lowest BCUT2D eigenvalue weighted by Gasteiger charge is -1.99. The molecule has 3 rings (SSSR count). The number of nitrogens with one attached hydrogen (secondary N) is 1. The minimum absolute atomic E-state index is 0.130. The van der Waals surface area contributed by atoms with Crippen LogP contribution in [-0.4, -0.2) is 15.7 Å². The summed E-state index contributed by atoms with van der Waals surface area (Å²) in [5, 5.41) is 11.4. The Morgan fingerprint density at radius 2 is 2.05 bits per heavy atom. The summed E-state index contributed by atoms with van der Waals surface area (Å²) in [4.78, 5) is 26.0. The summed E-state index contributed by atoms with van der Waals surface area (Å²) >= 11 is 12.9. The number of benzene rings is 1. The number of carbonyl (C=O) groups excluding carboxylic acids is 1. The molecule has 0 aliphatic carbocycles. The molecule has 0 amide bonds. The van der Waals surface area contributed by atoms with Crippen molar-refractivity contribution >= 4 is 56.9 Å². The number of thiophene rings is 1. The number of nitro benzene ring substituents is 1. The molecule has 0 unspecified atom stereocenters. The fraction of sp³-hybridized carbons (Fsp3) is 0. The average molecular weight is 341 g/mol. The predicted octanol–water partition coefficient (Wildman–Crippen LogP) is 4.68. The van der Waals surface area contributed by atoms with Crippen LogP contribution in [-0.2, 0) is 0 Å². The van der Waals surface area contributed by atoms with E-state index in [1.54, 1.807) is 12.1 Å². The Labute approximate surface area is 132 Å². The summed E-state index contributed by atoms with van der Waals surface area (Å²) < 4.78 is 0.649. The van der Waals surface area contributed by atoms with Crippen molar-refractivity contribution < 1.29 is 9.72 Å². The van der Waals surface area contributed by atoms with E-state index in [0.29, 0.717) is 9.85 Å². The number of fused-ring (bicyclic) bond motifs is 1. The fourth-order valence-corrected chi connectivity index (χ4v) is 3.60. The summed E-state index contributed by atoms with van der Waals surface area (Å²) in [6, 6.07) is 6.04. The van der Waals surface area contributed by atoms with Crippen molar-refractivity contribution in [3.63, 3.8) is 0 Å². The molecule has 0 fully saturated rings. The molecule has 1 aromatic carbocycles. The molecule has 0 saturated carbocycles. The van der Waals surface area contributed by atoms with E-state index in [9.17, 15) is 14.9 Å². The van der Waals surface area contributed by atoms with Crippen LogP contribution < -0.4 is 0 Å². The molecule has 2 aromatic heterocycles. The van der Waals surface area contributed by atoms with E-state index >= 15 is 0 Å². The van der Waals surface area contributed by atoms with Gasteiger partial charge in [-0.15, -0.1) is 11.3 Å². The Bertz CT molecular complexity index is 885. The van der Waals surface area contributed by atoms with Gasteiger partial charge in [0, 0.05) is 12.3 Å². The molecular formula is C13H6Cl2N2O3S. The molecule has 3 aromatic rings. The van der Waals surface area contributed by atoms with Gasteiger partial charge in [-0.05, 0) is 12.1 Å². The second kappa shape index (κ2) is 5.14. The quantitative estimate of drug-likeness (QED) is 0.427. The number of ketones is 1. The van der Waals surface area contributed by atoms with Crippen molar-refractivity contribution in [2.24, 2.45) is 0 Å². The zero-order valence-electron chi connectivity index (χ0n) is 10.2. The van der Waals surface area contributed by atoms with E-state index in [2.05, 4.69) is 4.98 Å². The van der Waals surface area contributed by atoms with Crippen molar-refractivity contribution in [3.8, 4) is 0 Å². The highest BCUT2D eigenvalue weighted by Crippen LogP contribution is 2.35. The first-order chi connectivity index (χ1) is 9.99. The van der Waals surface area contributed by atoms with Gasteiger partial charge in [-0.1, -0.05) is 29.3 Å². The van der Waals surface area contributed by atoms with Crippen LogP contribution in [0.15, 0.2) is 30.5 Å². The van der Waals surface area contributed by atoms with Gasteiger partial charge >= 0.3 is 0 Å². The van der Waals surface area contributed by atoms with Gasteiger partial charge in [0.2, 0.25) is 0 Å². The number of hydrogen-bond acceptors (Lipinski definition) is 4. The molecule has 21 heavy (non-hydrogen) atoms. The van der Waals surface area contributed by atoms with Crippen LogP contribution in [0.1, 0.15) is 15.9 Å². The highest BCUT2D eigenvalue weighted by atomic mass is 35.5. The Balaban J connectivity index is 2.23. The van der Waals surface area contributed by atoms with E-state index in [4.69, 9.17) is 23.2 Å². The number of aromatic nitrogens is 1. The molecule has 0 atom stereocenters. The van der Waals surface area contributed by atoms with Crippen molar-refractivity contribution in [1.29, 1.82) is 0 Å².